The molecule has 0 bridgehead atoms. The lowest BCUT2D eigenvalue weighted by Gasteiger charge is -2.09. The summed E-state index contributed by atoms with van der Waals surface area (Å²) >= 11 is 0. The van der Waals surface area contributed by atoms with Crippen molar-refractivity contribution in [3.63, 3.8) is 0 Å². The van der Waals surface area contributed by atoms with Crippen molar-refractivity contribution < 1.29 is 10.4 Å². The first-order valence-corrected chi connectivity index (χ1v) is 2.61. The molecule has 0 rings (SSSR count). The van der Waals surface area contributed by atoms with E-state index in [0.29, 0.717) is 6.54 Å². The van der Waals surface area contributed by atoms with Crippen LogP contribution < -0.4 is 11.0 Å². The summed E-state index contributed by atoms with van der Waals surface area (Å²) in [6.07, 6.45) is 0.782. The van der Waals surface area contributed by atoms with Gasteiger partial charge in [-0.25, -0.2) is 11.0 Å². The Morgan fingerprint density at radius 3 is 2.25 bits per heavy atom. The molecule has 4 nitrogen and oxygen atoms in total. The highest BCUT2D eigenvalue weighted by Crippen LogP contribution is 1.84. The molecule has 1 atom stereocenters. The van der Waals surface area contributed by atoms with E-state index < -0.39 is 0 Å². The third kappa shape index (κ3) is 2.92. The van der Waals surface area contributed by atoms with Crippen LogP contribution in [0.25, 0.3) is 0 Å². The van der Waals surface area contributed by atoms with Crippen LogP contribution in [0, 0.1) is 0 Å². The number of rotatable bonds is 4. The predicted octanol–water partition coefficient (Wildman–Crippen LogP) is -0.277. The van der Waals surface area contributed by atoms with Crippen LogP contribution in [0.15, 0.2) is 0 Å². The number of nitrogens with one attached hydrogen (secondary N) is 2. The lowest BCUT2D eigenvalue weighted by molar-refractivity contribution is 0.0874. The maximum atomic E-state index is 8.26. The first kappa shape index (κ1) is 7.84. The Kier molecular flexibility index (Phi) is 4.89. The quantitative estimate of drug-likeness (QED) is 0.385. The summed E-state index contributed by atoms with van der Waals surface area (Å²) in [4.78, 5) is 0. The van der Waals surface area contributed by atoms with Gasteiger partial charge in [0.15, 0.2) is 0 Å². The molecule has 0 heterocycles. The second-order valence-electron chi connectivity index (χ2n) is 1.60. The van der Waals surface area contributed by atoms with Crippen molar-refractivity contribution in [2.24, 2.45) is 0 Å². The Labute approximate surface area is 48.4 Å². The van der Waals surface area contributed by atoms with E-state index in [1.165, 1.54) is 0 Å². The van der Waals surface area contributed by atoms with Gasteiger partial charge < -0.3 is 10.4 Å². The Morgan fingerprint density at radius 2 is 2.12 bits per heavy atom. The van der Waals surface area contributed by atoms with Crippen molar-refractivity contribution in [1.82, 2.24) is 11.0 Å². The summed E-state index contributed by atoms with van der Waals surface area (Å²) in [6, 6.07) is -0.0556. The van der Waals surface area contributed by atoms with E-state index in [4.69, 9.17) is 10.4 Å². The molecule has 0 radical (unpaired) electrons. The van der Waals surface area contributed by atoms with Crippen molar-refractivity contribution in [3.8, 4) is 0 Å². The number of hydrogen-bond donors (Lipinski definition) is 4. The maximum absolute atomic E-state index is 8.26. The van der Waals surface area contributed by atoms with Gasteiger partial charge in [0, 0.05) is 12.6 Å². The van der Waals surface area contributed by atoms with Crippen LogP contribution in [-0.2, 0) is 0 Å². The maximum Gasteiger partial charge on any atom is 0.0464 e. The first-order chi connectivity index (χ1) is 3.85. The zero-order valence-corrected chi connectivity index (χ0v) is 4.89. The lowest BCUT2D eigenvalue weighted by Crippen LogP contribution is -2.34. The summed E-state index contributed by atoms with van der Waals surface area (Å²) in [6.45, 7) is 2.28. The van der Waals surface area contributed by atoms with E-state index in [-0.39, 0.29) is 6.04 Å². The zero-order chi connectivity index (χ0) is 6.41. The number of hydroxylamine groups is 2. The molecule has 4 heteroatoms. The van der Waals surface area contributed by atoms with Crippen LogP contribution in [0.2, 0.25) is 0 Å². The van der Waals surface area contributed by atoms with Gasteiger partial charge in [0.1, 0.15) is 0 Å². The van der Waals surface area contributed by atoms with Crippen LogP contribution in [0.5, 0.6) is 0 Å². The molecule has 0 fully saturated rings. The third-order valence-electron chi connectivity index (χ3n) is 1.01. The molecule has 0 unspecified atom stereocenters. The molecule has 50 valence electrons. The largest absolute Gasteiger partial charge is 0.317 e. The minimum atomic E-state index is -0.0556. The number of hydrogen-bond acceptors (Lipinski definition) is 4. The Balaban J connectivity index is 3.07. The summed E-state index contributed by atoms with van der Waals surface area (Å²) in [7, 11) is 0. The van der Waals surface area contributed by atoms with E-state index in [1.54, 1.807) is 0 Å². The monoisotopic (exact) mass is 120 g/mol. The summed E-state index contributed by atoms with van der Waals surface area (Å²) in [5, 5.41) is 16.4. The average molecular weight is 120 g/mol. The SMILES string of the molecule is CC[C@H](CNO)NO. The molecule has 0 saturated carbocycles. The van der Waals surface area contributed by atoms with Crippen molar-refractivity contribution in [3.05, 3.63) is 0 Å². The predicted molar refractivity (Wildman–Crippen MR) is 28.8 cm³/mol. The van der Waals surface area contributed by atoms with E-state index in [1.807, 2.05) is 17.9 Å². The smallest absolute Gasteiger partial charge is 0.0464 e. The Morgan fingerprint density at radius 1 is 1.50 bits per heavy atom. The van der Waals surface area contributed by atoms with Crippen LogP contribution in [0.4, 0.5) is 0 Å². The van der Waals surface area contributed by atoms with E-state index in [9.17, 15) is 0 Å². The molecule has 0 spiro atoms. The highest BCUT2D eigenvalue weighted by molar-refractivity contribution is 4.57. The van der Waals surface area contributed by atoms with Gasteiger partial charge in [0.05, 0.1) is 0 Å². The fourth-order valence-electron chi connectivity index (χ4n) is 0.391. The van der Waals surface area contributed by atoms with Crippen LogP contribution in [-0.4, -0.2) is 23.0 Å². The summed E-state index contributed by atoms with van der Waals surface area (Å²) in [5.41, 5.74) is 3.98. The lowest BCUT2D eigenvalue weighted by atomic mass is 10.2. The molecule has 0 aromatic rings. The molecule has 4 N–H and O–H groups in total. The molecule has 8 heavy (non-hydrogen) atoms. The Bertz CT molecular complexity index is 47.3. The van der Waals surface area contributed by atoms with Crippen molar-refractivity contribution in [1.29, 1.82) is 0 Å². The van der Waals surface area contributed by atoms with Gasteiger partial charge in [0.2, 0.25) is 0 Å². The molecule has 0 saturated heterocycles. The molecule has 0 aliphatic rings. The van der Waals surface area contributed by atoms with Crippen molar-refractivity contribution in [2.45, 2.75) is 19.4 Å². The second-order valence-corrected chi connectivity index (χ2v) is 1.60. The third-order valence-corrected chi connectivity index (χ3v) is 1.01. The molecule has 0 aliphatic heterocycles. The summed E-state index contributed by atoms with van der Waals surface area (Å²) < 4.78 is 0. The van der Waals surface area contributed by atoms with Crippen molar-refractivity contribution in [2.75, 3.05) is 6.54 Å². The zero-order valence-electron chi connectivity index (χ0n) is 4.89. The minimum absolute atomic E-state index is 0.0556. The molecule has 0 aromatic heterocycles. The molecule has 0 aromatic carbocycles. The van der Waals surface area contributed by atoms with Gasteiger partial charge in [-0.15, -0.1) is 0 Å². The van der Waals surface area contributed by atoms with Gasteiger partial charge in [-0.2, -0.15) is 0 Å². The van der Waals surface area contributed by atoms with Gasteiger partial charge >= 0.3 is 0 Å². The fourth-order valence-corrected chi connectivity index (χ4v) is 0.391. The standard InChI is InChI=1S/C4H12N2O2/c1-2-4(6-8)3-5-7/h4-8H,2-3H2,1H3/t4-/m1/s1. The molecular weight excluding hydrogens is 108 g/mol. The summed E-state index contributed by atoms with van der Waals surface area (Å²) in [5.74, 6) is 0. The van der Waals surface area contributed by atoms with Crippen LogP contribution in [0.1, 0.15) is 13.3 Å². The topological polar surface area (TPSA) is 64.5 Å². The normalized spacial score (nSPS) is 13.9. The first-order valence-electron chi connectivity index (χ1n) is 2.61. The molecule has 0 amide bonds. The van der Waals surface area contributed by atoms with Gasteiger partial charge in [0.25, 0.3) is 0 Å². The second kappa shape index (κ2) is 4.99. The highest BCUT2D eigenvalue weighted by atomic mass is 16.5. The van der Waals surface area contributed by atoms with Crippen molar-refractivity contribution >= 4 is 0 Å². The molecular formula is C4H12N2O2. The fraction of sp³-hybridized carbons (Fsp3) is 1.00. The van der Waals surface area contributed by atoms with E-state index >= 15 is 0 Å². The van der Waals surface area contributed by atoms with Crippen LogP contribution in [0.3, 0.4) is 0 Å². The Hall–Kier alpha value is -0.160. The van der Waals surface area contributed by atoms with Gasteiger partial charge in [-0.05, 0) is 6.42 Å². The minimum Gasteiger partial charge on any atom is -0.317 e. The van der Waals surface area contributed by atoms with Gasteiger partial charge in [-0.3, -0.25) is 0 Å². The molecule has 0 aliphatic carbocycles. The average Bonchev–Trinajstić information content (AvgIpc) is 1.83. The van der Waals surface area contributed by atoms with E-state index in [2.05, 4.69) is 0 Å². The van der Waals surface area contributed by atoms with Crippen LogP contribution >= 0.6 is 0 Å². The highest BCUT2D eigenvalue weighted by Gasteiger charge is 1.99. The van der Waals surface area contributed by atoms with E-state index in [0.717, 1.165) is 6.42 Å². The van der Waals surface area contributed by atoms with Gasteiger partial charge in [-0.1, -0.05) is 6.92 Å².